The Balaban J connectivity index is 2.30. The van der Waals surface area contributed by atoms with E-state index in [1.54, 1.807) is 24.0 Å². The third kappa shape index (κ3) is 6.38. The molecule has 0 saturated carbocycles. The normalized spacial score (nSPS) is 11.7. The van der Waals surface area contributed by atoms with E-state index in [1.165, 1.54) is 0 Å². The minimum atomic E-state index is -0.665. The van der Waals surface area contributed by atoms with Gasteiger partial charge in [-0.2, -0.15) is 0 Å². The Labute approximate surface area is 165 Å². The fourth-order valence-electron chi connectivity index (χ4n) is 2.84. The second kappa shape index (κ2) is 10.7. The van der Waals surface area contributed by atoms with E-state index in [1.807, 2.05) is 42.5 Å². The van der Waals surface area contributed by atoms with Crippen molar-refractivity contribution in [2.75, 3.05) is 13.2 Å². The first-order valence-electron chi connectivity index (χ1n) is 9.01. The number of halogens is 1. The molecule has 0 aliphatic heterocycles. The molecule has 0 saturated heterocycles. The van der Waals surface area contributed by atoms with E-state index < -0.39 is 6.04 Å². The zero-order valence-corrected chi connectivity index (χ0v) is 16.2. The predicted molar refractivity (Wildman–Crippen MR) is 106 cm³/mol. The number of carbonyl (C=O) groups excluding carboxylic acids is 2. The summed E-state index contributed by atoms with van der Waals surface area (Å²) in [6, 6.07) is 16.2. The van der Waals surface area contributed by atoms with E-state index in [2.05, 4.69) is 5.32 Å². The van der Waals surface area contributed by atoms with Gasteiger partial charge in [-0.1, -0.05) is 61.0 Å². The second-order valence-electron chi connectivity index (χ2n) is 6.22. The number of hydrogen-bond acceptors (Lipinski definition) is 3. The zero-order valence-electron chi connectivity index (χ0n) is 15.4. The Morgan fingerprint density at radius 2 is 1.74 bits per heavy atom. The zero-order chi connectivity index (χ0) is 19.6. The minimum absolute atomic E-state index is 0.106. The van der Waals surface area contributed by atoms with Crippen molar-refractivity contribution < 1.29 is 14.7 Å². The molecule has 0 aromatic heterocycles. The van der Waals surface area contributed by atoms with Gasteiger partial charge in [0.25, 0.3) is 0 Å². The van der Waals surface area contributed by atoms with E-state index in [0.717, 1.165) is 11.1 Å². The van der Waals surface area contributed by atoms with Gasteiger partial charge in [0.1, 0.15) is 6.04 Å². The molecule has 0 spiro atoms. The summed E-state index contributed by atoms with van der Waals surface area (Å²) >= 11 is 5.95. The van der Waals surface area contributed by atoms with Gasteiger partial charge in [-0.05, 0) is 23.3 Å². The molecular weight excluding hydrogens is 364 g/mol. The number of aliphatic hydroxyl groups is 1. The van der Waals surface area contributed by atoms with Gasteiger partial charge in [-0.3, -0.25) is 9.59 Å². The first kappa shape index (κ1) is 20.9. The van der Waals surface area contributed by atoms with Crippen molar-refractivity contribution in [3.8, 4) is 0 Å². The lowest BCUT2D eigenvalue weighted by atomic mass is 10.0. The summed E-state index contributed by atoms with van der Waals surface area (Å²) in [6.07, 6.45) is 0.698. The summed E-state index contributed by atoms with van der Waals surface area (Å²) in [7, 11) is 0. The lowest BCUT2D eigenvalue weighted by Crippen LogP contribution is -2.50. The molecule has 2 amide bonds. The number of benzene rings is 2. The third-order valence-electron chi connectivity index (χ3n) is 4.25. The molecule has 0 aliphatic carbocycles. The van der Waals surface area contributed by atoms with Gasteiger partial charge in [-0.25, -0.2) is 0 Å². The lowest BCUT2D eigenvalue weighted by molar-refractivity contribution is -0.141. The minimum Gasteiger partial charge on any atom is -0.395 e. The number of hydrogen-bond donors (Lipinski definition) is 2. The number of amides is 2. The molecule has 0 bridgehead atoms. The van der Waals surface area contributed by atoms with Crippen LogP contribution in [0.25, 0.3) is 0 Å². The maximum Gasteiger partial charge on any atom is 0.243 e. The highest BCUT2D eigenvalue weighted by atomic mass is 35.5. The summed E-state index contributed by atoms with van der Waals surface area (Å²) in [5.74, 6) is -0.381. The molecule has 0 heterocycles. The van der Waals surface area contributed by atoms with Gasteiger partial charge in [0.05, 0.1) is 6.61 Å². The highest BCUT2D eigenvalue weighted by Gasteiger charge is 2.29. The van der Waals surface area contributed by atoms with Crippen LogP contribution in [-0.4, -0.2) is 41.0 Å². The van der Waals surface area contributed by atoms with Crippen molar-refractivity contribution in [3.05, 3.63) is 70.7 Å². The number of rotatable bonds is 9. The summed E-state index contributed by atoms with van der Waals surface area (Å²) in [5.41, 5.74) is 1.86. The Morgan fingerprint density at radius 3 is 2.33 bits per heavy atom. The highest BCUT2D eigenvalue weighted by Crippen LogP contribution is 2.17. The largest absolute Gasteiger partial charge is 0.395 e. The lowest BCUT2D eigenvalue weighted by Gasteiger charge is -2.31. The number of nitrogens with one attached hydrogen (secondary N) is 1. The Morgan fingerprint density at radius 1 is 1.07 bits per heavy atom. The van der Waals surface area contributed by atoms with Crippen molar-refractivity contribution in [1.29, 1.82) is 0 Å². The molecule has 6 heteroatoms. The maximum absolute atomic E-state index is 12.8. The van der Waals surface area contributed by atoms with Crippen LogP contribution in [0.1, 0.15) is 24.5 Å². The number of aliphatic hydroxyl groups excluding tert-OH is 1. The molecule has 0 fully saturated rings. The number of nitrogens with zero attached hydrogens (tertiary/aromatic N) is 1. The summed E-state index contributed by atoms with van der Waals surface area (Å²) in [4.78, 5) is 27.0. The van der Waals surface area contributed by atoms with E-state index >= 15 is 0 Å². The van der Waals surface area contributed by atoms with Crippen molar-refractivity contribution in [2.45, 2.75) is 32.4 Å². The predicted octanol–water partition coefficient (Wildman–Crippen LogP) is 2.80. The topological polar surface area (TPSA) is 69.6 Å². The van der Waals surface area contributed by atoms with Crippen molar-refractivity contribution in [3.63, 3.8) is 0 Å². The molecule has 0 radical (unpaired) electrons. The molecule has 2 N–H and O–H groups in total. The summed E-state index contributed by atoms with van der Waals surface area (Å²) < 4.78 is 0. The average Bonchev–Trinajstić information content (AvgIpc) is 2.70. The van der Waals surface area contributed by atoms with Crippen LogP contribution in [0, 0.1) is 0 Å². The van der Waals surface area contributed by atoms with E-state index in [0.29, 0.717) is 24.4 Å². The fourth-order valence-corrected chi connectivity index (χ4v) is 2.97. The molecule has 2 aromatic carbocycles. The van der Waals surface area contributed by atoms with Crippen LogP contribution >= 0.6 is 11.6 Å². The van der Waals surface area contributed by atoms with Gasteiger partial charge in [0.2, 0.25) is 11.8 Å². The second-order valence-corrected chi connectivity index (χ2v) is 6.66. The summed E-state index contributed by atoms with van der Waals surface area (Å²) in [6.45, 7) is 2.10. The van der Waals surface area contributed by atoms with Gasteiger partial charge in [0.15, 0.2) is 0 Å². The smallest absolute Gasteiger partial charge is 0.243 e. The molecule has 27 heavy (non-hydrogen) atoms. The molecule has 0 aliphatic rings. The van der Waals surface area contributed by atoms with Crippen molar-refractivity contribution in [1.82, 2.24) is 10.2 Å². The van der Waals surface area contributed by atoms with Crippen LogP contribution in [0.15, 0.2) is 54.6 Å². The molecule has 1 atom stereocenters. The monoisotopic (exact) mass is 388 g/mol. The highest BCUT2D eigenvalue weighted by molar-refractivity contribution is 6.30. The van der Waals surface area contributed by atoms with Crippen molar-refractivity contribution in [2.24, 2.45) is 0 Å². The standard InChI is InChI=1S/C21H25ClN2O3/c1-2-20(26)24(15-17-8-10-18(22)11-9-17)19(21(27)23-12-13-25)14-16-6-4-3-5-7-16/h3-11,19,25H,2,12-15H2,1H3,(H,23,27). The van der Waals surface area contributed by atoms with E-state index in [4.69, 9.17) is 16.7 Å². The van der Waals surface area contributed by atoms with Crippen LogP contribution in [0.4, 0.5) is 0 Å². The van der Waals surface area contributed by atoms with Crippen LogP contribution in [0.2, 0.25) is 5.02 Å². The first-order chi connectivity index (χ1) is 13.0. The van der Waals surface area contributed by atoms with Crippen LogP contribution in [0.3, 0.4) is 0 Å². The van der Waals surface area contributed by atoms with Gasteiger partial charge in [-0.15, -0.1) is 0 Å². The average molecular weight is 389 g/mol. The quantitative estimate of drug-likeness (QED) is 0.694. The third-order valence-corrected chi connectivity index (χ3v) is 4.50. The Kier molecular flexibility index (Phi) is 8.30. The molecular formula is C21H25ClN2O3. The fraction of sp³-hybridized carbons (Fsp3) is 0.333. The van der Waals surface area contributed by atoms with Crippen LogP contribution < -0.4 is 5.32 Å². The van der Waals surface area contributed by atoms with Crippen molar-refractivity contribution >= 4 is 23.4 Å². The maximum atomic E-state index is 12.8. The van der Waals surface area contributed by atoms with Gasteiger partial charge < -0.3 is 15.3 Å². The van der Waals surface area contributed by atoms with Crippen LogP contribution in [-0.2, 0) is 22.6 Å². The molecule has 2 rings (SSSR count). The molecule has 1 unspecified atom stereocenters. The first-order valence-corrected chi connectivity index (χ1v) is 9.39. The SMILES string of the molecule is CCC(=O)N(Cc1ccc(Cl)cc1)C(Cc1ccccc1)C(=O)NCCO. The van der Waals surface area contributed by atoms with Crippen LogP contribution in [0.5, 0.6) is 0 Å². The van der Waals surface area contributed by atoms with E-state index in [-0.39, 0.29) is 25.0 Å². The number of carbonyl (C=O) groups is 2. The van der Waals surface area contributed by atoms with Gasteiger partial charge in [0, 0.05) is 31.0 Å². The van der Waals surface area contributed by atoms with Gasteiger partial charge >= 0.3 is 0 Å². The van der Waals surface area contributed by atoms with E-state index in [9.17, 15) is 9.59 Å². The molecule has 5 nitrogen and oxygen atoms in total. The summed E-state index contributed by atoms with van der Waals surface area (Å²) in [5, 5.41) is 12.4. The Hall–Kier alpha value is -2.37. The molecule has 2 aromatic rings. The Bertz CT molecular complexity index is 735. The molecule has 144 valence electrons.